The van der Waals surface area contributed by atoms with E-state index in [0.717, 1.165) is 67.0 Å². The van der Waals surface area contributed by atoms with E-state index in [2.05, 4.69) is 54.2 Å². The molecule has 1 aliphatic carbocycles. The number of hydrogen-bond acceptors (Lipinski definition) is 10. The molecule has 3 aromatic carbocycles. The van der Waals surface area contributed by atoms with Crippen LogP contribution in [-0.2, 0) is 28.7 Å². The second-order valence-electron chi connectivity index (χ2n) is 13.5. The van der Waals surface area contributed by atoms with Crippen molar-refractivity contribution in [1.29, 1.82) is 0 Å². The van der Waals surface area contributed by atoms with Crippen LogP contribution in [0.2, 0.25) is 0 Å². The van der Waals surface area contributed by atoms with E-state index in [9.17, 15) is 0 Å². The van der Waals surface area contributed by atoms with E-state index in [4.69, 9.17) is 37.9 Å². The van der Waals surface area contributed by atoms with E-state index in [1.807, 2.05) is 18.2 Å². The Hall–Kier alpha value is -4.54. The van der Waals surface area contributed by atoms with Crippen molar-refractivity contribution >= 4 is 0 Å². The Morgan fingerprint density at radius 3 is 2.31 bits per heavy atom. The van der Waals surface area contributed by atoms with Gasteiger partial charge in [0.25, 0.3) is 0 Å². The van der Waals surface area contributed by atoms with Gasteiger partial charge in [0.1, 0.15) is 5.75 Å². The van der Waals surface area contributed by atoms with Gasteiger partial charge < -0.3 is 42.8 Å². The van der Waals surface area contributed by atoms with Crippen LogP contribution in [-0.4, -0.2) is 78.3 Å². The average molecular weight is 669 g/mol. The molecule has 8 bridgehead atoms. The molecule has 1 fully saturated rings. The summed E-state index contributed by atoms with van der Waals surface area (Å²) in [6.07, 6.45) is 5.42. The number of methoxy groups -OCH3 is 4. The summed E-state index contributed by atoms with van der Waals surface area (Å²) in [5, 5.41) is 0. The first-order valence-electron chi connectivity index (χ1n) is 17.0. The molecule has 0 amide bonds. The van der Waals surface area contributed by atoms with E-state index >= 15 is 0 Å². The maximum Gasteiger partial charge on any atom is 0.231 e. The fourth-order valence-electron chi connectivity index (χ4n) is 8.41. The van der Waals surface area contributed by atoms with Crippen molar-refractivity contribution in [1.82, 2.24) is 9.80 Å². The van der Waals surface area contributed by atoms with Crippen molar-refractivity contribution in [2.24, 2.45) is 11.8 Å². The summed E-state index contributed by atoms with van der Waals surface area (Å²) in [7, 11) is 11.1. The summed E-state index contributed by atoms with van der Waals surface area (Å²) in [5.41, 5.74) is 4.45. The summed E-state index contributed by atoms with van der Waals surface area (Å²) in [6.45, 7) is 1.84. The predicted molar refractivity (Wildman–Crippen MR) is 183 cm³/mol. The highest BCUT2D eigenvalue weighted by Gasteiger charge is 2.46. The largest absolute Gasteiger partial charge is 0.493 e. The minimum absolute atomic E-state index is 0.0294. The van der Waals surface area contributed by atoms with Crippen LogP contribution >= 0.6 is 0 Å². The number of fused-ring (bicyclic) bond motifs is 3. The molecule has 0 radical (unpaired) electrons. The Morgan fingerprint density at radius 1 is 0.755 bits per heavy atom. The fraction of sp³-hybridized carbons (Fsp3) is 0.436. The number of piperidine rings is 1. The molecule has 10 nitrogen and oxygen atoms in total. The molecule has 258 valence electrons. The lowest BCUT2D eigenvalue weighted by atomic mass is 9.73. The zero-order chi connectivity index (χ0) is 33.8. The summed E-state index contributed by atoms with van der Waals surface area (Å²) in [4.78, 5) is 4.83. The molecule has 0 saturated carbocycles. The monoisotopic (exact) mass is 668 g/mol. The molecule has 0 spiro atoms. The summed E-state index contributed by atoms with van der Waals surface area (Å²) in [5.74, 6) is 6.82. The standard InChI is InChI=1S/C39H44N2O8/c1-40-15-13-25-27-20-32(43-4)36(45-6)35(25)49-37-33-26(34(44-5)38-39(37)47-21-46-38)14-16-41(2)29(33)17-22-7-10-24(11-8-22)48-31-19-23(18-28(27)40)9-12-30(31)42-3/h7-12,19-20,25,27-29H,13-18,21H2,1-6H3/t25-,27-,28-,29-/m0/s1. The molecule has 0 unspecified atom stereocenters. The molecule has 9 rings (SSSR count). The van der Waals surface area contributed by atoms with Gasteiger partial charge in [-0.15, -0.1) is 0 Å². The number of hydrogen-bond donors (Lipinski definition) is 0. The first-order chi connectivity index (χ1) is 23.9. The normalized spacial score (nSPS) is 24.5. The molecule has 6 aliphatic rings. The Labute approximate surface area is 287 Å². The third-order valence-corrected chi connectivity index (χ3v) is 10.9. The van der Waals surface area contributed by atoms with Crippen molar-refractivity contribution in [3.05, 3.63) is 88.1 Å². The lowest BCUT2D eigenvalue weighted by molar-refractivity contribution is 0.0717. The van der Waals surface area contributed by atoms with Gasteiger partial charge in [0.15, 0.2) is 40.3 Å². The number of benzene rings is 3. The first-order valence-corrected chi connectivity index (χ1v) is 17.0. The van der Waals surface area contributed by atoms with E-state index < -0.39 is 0 Å². The number of likely N-dealkylation sites (N-methyl/N-ethyl adjacent to an activating group) is 2. The van der Waals surface area contributed by atoms with Gasteiger partial charge in [-0.1, -0.05) is 18.2 Å². The van der Waals surface area contributed by atoms with Gasteiger partial charge in [0, 0.05) is 41.6 Å². The van der Waals surface area contributed by atoms with E-state index in [-0.39, 0.29) is 30.7 Å². The highest BCUT2D eigenvalue weighted by molar-refractivity contribution is 5.70. The van der Waals surface area contributed by atoms with Crippen molar-refractivity contribution in [2.75, 3.05) is 62.4 Å². The van der Waals surface area contributed by atoms with Crippen molar-refractivity contribution < 1.29 is 37.9 Å². The molecule has 4 atom stereocenters. The molecule has 0 aromatic heterocycles. The lowest BCUT2D eigenvalue weighted by Gasteiger charge is -2.46. The fourth-order valence-corrected chi connectivity index (χ4v) is 8.41. The van der Waals surface area contributed by atoms with Gasteiger partial charge >= 0.3 is 0 Å². The third-order valence-electron chi connectivity index (χ3n) is 10.9. The number of nitrogens with zero attached hydrogens (tertiary/aromatic N) is 2. The number of allylic oxidation sites excluding steroid dienone is 1. The van der Waals surface area contributed by atoms with Crippen LogP contribution in [0.25, 0.3) is 0 Å². The van der Waals surface area contributed by atoms with E-state index in [1.165, 1.54) is 5.56 Å². The van der Waals surface area contributed by atoms with Crippen LogP contribution in [0.3, 0.4) is 0 Å². The predicted octanol–water partition coefficient (Wildman–Crippen LogP) is 6.27. The van der Waals surface area contributed by atoms with Gasteiger partial charge in [-0.2, -0.15) is 0 Å². The molecule has 5 aliphatic heterocycles. The number of likely N-dealkylation sites (tertiary alicyclic amines) is 1. The van der Waals surface area contributed by atoms with Crippen LogP contribution in [0, 0.1) is 11.8 Å². The maximum atomic E-state index is 7.30. The van der Waals surface area contributed by atoms with Gasteiger partial charge in [-0.05, 0) is 87.8 Å². The Kier molecular flexibility index (Phi) is 8.24. The minimum Gasteiger partial charge on any atom is -0.493 e. The third kappa shape index (κ3) is 5.32. The quantitative estimate of drug-likeness (QED) is 0.318. The maximum absolute atomic E-state index is 7.30. The molecule has 49 heavy (non-hydrogen) atoms. The highest BCUT2D eigenvalue weighted by Crippen LogP contribution is 2.57. The molecule has 10 heteroatoms. The molecule has 3 aromatic rings. The van der Waals surface area contributed by atoms with Crippen molar-refractivity contribution in [3.8, 4) is 40.2 Å². The zero-order valence-corrected chi connectivity index (χ0v) is 29.0. The molecular weight excluding hydrogens is 624 g/mol. The summed E-state index contributed by atoms with van der Waals surface area (Å²) < 4.78 is 50.0. The molecule has 1 saturated heterocycles. The summed E-state index contributed by atoms with van der Waals surface area (Å²) in [6, 6.07) is 14.7. The molecular formula is C39H44N2O8. The molecule has 5 heterocycles. The Morgan fingerprint density at radius 2 is 1.55 bits per heavy atom. The van der Waals surface area contributed by atoms with Gasteiger partial charge in [-0.3, -0.25) is 4.90 Å². The minimum atomic E-state index is -0.0294. The SMILES string of the molecule is COC1=C[C@H]2[C@@H]3CCN(C)[C@H]2Cc2ccc(OC)c(c2)Oc2ccc(cc2)C[C@H]2c4c(c(OC)c5c(c4OC3=C1OC)OCO5)CCN2C. The number of ether oxygens (including phenoxy) is 8. The van der Waals surface area contributed by atoms with Gasteiger partial charge in [0.2, 0.25) is 18.3 Å². The van der Waals surface area contributed by atoms with Crippen molar-refractivity contribution in [2.45, 2.75) is 37.8 Å². The topological polar surface area (TPSA) is 80.3 Å². The summed E-state index contributed by atoms with van der Waals surface area (Å²) >= 11 is 0. The van der Waals surface area contributed by atoms with E-state index in [1.54, 1.807) is 28.4 Å². The van der Waals surface area contributed by atoms with Crippen LogP contribution in [0.4, 0.5) is 0 Å². The molecule has 0 N–H and O–H groups in total. The number of rotatable bonds is 4. The van der Waals surface area contributed by atoms with Crippen LogP contribution in [0.5, 0.6) is 40.2 Å². The van der Waals surface area contributed by atoms with Crippen LogP contribution in [0.1, 0.15) is 34.7 Å². The lowest BCUT2D eigenvalue weighted by Crippen LogP contribution is -2.50. The Balaban J connectivity index is 1.36. The Bertz CT molecular complexity index is 1820. The van der Waals surface area contributed by atoms with Gasteiger partial charge in [0.05, 0.1) is 28.4 Å². The van der Waals surface area contributed by atoms with Gasteiger partial charge in [-0.25, -0.2) is 0 Å². The zero-order valence-electron chi connectivity index (χ0n) is 29.0. The van der Waals surface area contributed by atoms with Crippen LogP contribution in [0.15, 0.2) is 65.8 Å². The second kappa shape index (κ2) is 12.7. The van der Waals surface area contributed by atoms with Crippen molar-refractivity contribution in [3.63, 3.8) is 0 Å². The first kappa shape index (κ1) is 31.7. The highest BCUT2D eigenvalue weighted by atomic mass is 16.7. The van der Waals surface area contributed by atoms with E-state index in [0.29, 0.717) is 46.0 Å². The smallest absolute Gasteiger partial charge is 0.231 e. The second-order valence-corrected chi connectivity index (χ2v) is 13.5. The van der Waals surface area contributed by atoms with Crippen LogP contribution < -0.4 is 28.4 Å². The average Bonchev–Trinajstić information content (AvgIpc) is 3.60.